The third-order valence-corrected chi connectivity index (χ3v) is 6.43. The van der Waals surface area contributed by atoms with Gasteiger partial charge in [0.05, 0.1) is 12.2 Å². The molecule has 0 atom stereocenters. The van der Waals surface area contributed by atoms with Gasteiger partial charge in [-0.25, -0.2) is 9.59 Å². The van der Waals surface area contributed by atoms with E-state index in [0.29, 0.717) is 34.7 Å². The lowest BCUT2D eigenvalue weighted by Gasteiger charge is -2.15. The van der Waals surface area contributed by atoms with Gasteiger partial charge < -0.3 is 25.0 Å². The molecule has 40 heavy (non-hydrogen) atoms. The Morgan fingerprint density at radius 3 is 1.95 bits per heavy atom. The van der Waals surface area contributed by atoms with Gasteiger partial charge in [-0.2, -0.15) is 0 Å². The molecule has 0 saturated heterocycles. The number of nitrogens with one attached hydrogen (secondary N) is 1. The van der Waals surface area contributed by atoms with Crippen molar-refractivity contribution in [2.45, 2.75) is 58.3 Å². The molecule has 0 aliphatic carbocycles. The number of carboxylic acid groups (broad SMARTS) is 2. The van der Waals surface area contributed by atoms with Gasteiger partial charge in [0.2, 0.25) is 0 Å². The van der Waals surface area contributed by atoms with Crippen LogP contribution in [0.25, 0.3) is 11.1 Å². The largest absolute Gasteiger partial charge is 0.490 e. The van der Waals surface area contributed by atoms with Crippen molar-refractivity contribution >= 4 is 23.5 Å². The summed E-state index contributed by atoms with van der Waals surface area (Å²) in [7, 11) is 0. The molecule has 3 rings (SSSR count). The second kappa shape index (κ2) is 15.9. The topological polar surface area (TPSA) is 122 Å². The number of anilines is 1. The van der Waals surface area contributed by atoms with Gasteiger partial charge in [-0.05, 0) is 41.8 Å². The van der Waals surface area contributed by atoms with Crippen LogP contribution in [0.5, 0.6) is 11.5 Å². The number of rotatable bonds is 17. The van der Waals surface area contributed by atoms with Crippen LogP contribution in [0.4, 0.5) is 5.69 Å². The highest BCUT2D eigenvalue weighted by molar-refractivity contribution is 6.10. The second-order valence-corrected chi connectivity index (χ2v) is 9.52. The number of hydrogen-bond donors (Lipinski definition) is 3. The number of amides is 1. The Morgan fingerprint density at radius 2 is 1.30 bits per heavy atom. The molecule has 0 heterocycles. The predicted octanol–water partition coefficient (Wildman–Crippen LogP) is 7.29. The third-order valence-electron chi connectivity index (χ3n) is 6.43. The van der Waals surface area contributed by atoms with E-state index >= 15 is 0 Å². The smallest absolute Gasteiger partial charge is 0.341 e. The van der Waals surface area contributed by atoms with E-state index in [4.69, 9.17) is 14.6 Å². The Labute approximate surface area is 235 Å². The van der Waals surface area contributed by atoms with E-state index in [1.165, 1.54) is 44.2 Å². The standard InChI is InChI=1S/C32H37NO7/c1-2-3-4-5-6-7-8-13-20-39-28-19-18-23(21-29(28)40-22-30(34)35)33-31(36)26-16-11-9-14-24(26)25-15-10-12-17-27(25)32(37)38/h9-12,14-19,21H,2-8,13,20,22H2,1H3,(H,33,36)(H,34,35)(H,37,38). The molecule has 0 radical (unpaired) electrons. The van der Waals surface area contributed by atoms with Crippen molar-refractivity contribution in [3.63, 3.8) is 0 Å². The molecule has 212 valence electrons. The molecule has 8 nitrogen and oxygen atoms in total. The van der Waals surface area contributed by atoms with Crippen molar-refractivity contribution < 1.29 is 34.1 Å². The second-order valence-electron chi connectivity index (χ2n) is 9.52. The monoisotopic (exact) mass is 547 g/mol. The Morgan fingerprint density at radius 1 is 0.700 bits per heavy atom. The molecule has 0 bridgehead atoms. The first-order chi connectivity index (χ1) is 19.4. The molecule has 0 spiro atoms. The zero-order valence-corrected chi connectivity index (χ0v) is 22.9. The number of aliphatic carboxylic acids is 1. The van der Waals surface area contributed by atoms with Crippen molar-refractivity contribution in [1.82, 2.24) is 0 Å². The van der Waals surface area contributed by atoms with Crippen molar-refractivity contribution in [2.75, 3.05) is 18.5 Å². The number of hydrogen-bond acceptors (Lipinski definition) is 5. The number of benzene rings is 3. The maximum atomic E-state index is 13.3. The van der Waals surface area contributed by atoms with E-state index in [2.05, 4.69) is 12.2 Å². The van der Waals surface area contributed by atoms with Gasteiger partial charge in [-0.1, -0.05) is 88.3 Å². The molecule has 3 aromatic rings. The molecule has 1 amide bonds. The Balaban J connectivity index is 1.70. The molecule has 0 saturated carbocycles. The van der Waals surface area contributed by atoms with E-state index in [9.17, 15) is 19.5 Å². The van der Waals surface area contributed by atoms with Crippen molar-refractivity contribution in [1.29, 1.82) is 0 Å². The fraction of sp³-hybridized carbons (Fsp3) is 0.344. The maximum absolute atomic E-state index is 13.3. The summed E-state index contributed by atoms with van der Waals surface area (Å²) in [6, 6.07) is 18.1. The average Bonchev–Trinajstić information content (AvgIpc) is 2.95. The molecule has 3 N–H and O–H groups in total. The van der Waals surface area contributed by atoms with Crippen LogP contribution in [0.3, 0.4) is 0 Å². The van der Waals surface area contributed by atoms with Crippen LogP contribution >= 0.6 is 0 Å². The van der Waals surface area contributed by atoms with Crippen LogP contribution < -0.4 is 14.8 Å². The van der Waals surface area contributed by atoms with Crippen LogP contribution in [0.15, 0.2) is 66.7 Å². The summed E-state index contributed by atoms with van der Waals surface area (Å²) >= 11 is 0. The van der Waals surface area contributed by atoms with Crippen LogP contribution in [0.2, 0.25) is 0 Å². The van der Waals surface area contributed by atoms with Gasteiger partial charge in [-0.15, -0.1) is 0 Å². The Hall–Kier alpha value is -4.33. The minimum absolute atomic E-state index is 0.0881. The number of aromatic carboxylic acids is 1. The van der Waals surface area contributed by atoms with E-state index in [1.807, 2.05) is 0 Å². The number of ether oxygens (including phenoxy) is 2. The first-order valence-corrected chi connectivity index (χ1v) is 13.7. The van der Waals surface area contributed by atoms with Crippen LogP contribution in [-0.2, 0) is 4.79 Å². The highest BCUT2D eigenvalue weighted by Crippen LogP contribution is 2.32. The lowest BCUT2D eigenvalue weighted by Crippen LogP contribution is -2.15. The number of carboxylic acids is 2. The Bertz CT molecular complexity index is 1290. The molecular formula is C32H37NO7. The quantitative estimate of drug-likeness (QED) is 0.152. The lowest BCUT2D eigenvalue weighted by molar-refractivity contribution is -0.139. The van der Waals surface area contributed by atoms with Gasteiger partial charge in [0, 0.05) is 17.3 Å². The van der Waals surface area contributed by atoms with E-state index in [-0.39, 0.29) is 11.3 Å². The van der Waals surface area contributed by atoms with E-state index < -0.39 is 24.5 Å². The highest BCUT2D eigenvalue weighted by Gasteiger charge is 2.18. The summed E-state index contributed by atoms with van der Waals surface area (Å²) in [6.07, 6.45) is 9.34. The van der Waals surface area contributed by atoms with Gasteiger partial charge in [0.25, 0.3) is 5.91 Å². The van der Waals surface area contributed by atoms with Crippen molar-refractivity contribution in [2.24, 2.45) is 0 Å². The average molecular weight is 548 g/mol. The summed E-state index contributed by atoms with van der Waals surface area (Å²) < 4.78 is 11.3. The first kappa shape index (κ1) is 30.2. The Kier molecular flexibility index (Phi) is 12.0. The third kappa shape index (κ3) is 9.15. The maximum Gasteiger partial charge on any atom is 0.341 e. The lowest BCUT2D eigenvalue weighted by atomic mass is 9.95. The van der Waals surface area contributed by atoms with Gasteiger partial charge in [0.1, 0.15) is 0 Å². The fourth-order valence-electron chi connectivity index (χ4n) is 4.39. The summed E-state index contributed by atoms with van der Waals surface area (Å²) in [6.45, 7) is 2.12. The van der Waals surface area contributed by atoms with E-state index in [0.717, 1.165) is 19.3 Å². The normalized spacial score (nSPS) is 10.6. The first-order valence-electron chi connectivity index (χ1n) is 13.7. The van der Waals surface area contributed by atoms with Gasteiger partial charge in [0.15, 0.2) is 18.1 Å². The van der Waals surface area contributed by atoms with Crippen molar-refractivity contribution in [3.8, 4) is 22.6 Å². The zero-order chi connectivity index (χ0) is 28.7. The summed E-state index contributed by atoms with van der Waals surface area (Å²) in [4.78, 5) is 36.2. The number of unbranched alkanes of at least 4 members (excludes halogenated alkanes) is 7. The molecule has 3 aromatic carbocycles. The summed E-state index contributed by atoms with van der Waals surface area (Å²) in [5, 5.41) is 21.5. The molecular weight excluding hydrogens is 510 g/mol. The fourth-order valence-corrected chi connectivity index (χ4v) is 4.39. The SMILES string of the molecule is CCCCCCCCCCOc1ccc(NC(=O)c2ccccc2-c2ccccc2C(=O)O)cc1OCC(=O)O. The summed E-state index contributed by atoms with van der Waals surface area (Å²) in [5.41, 5.74) is 1.66. The molecule has 0 aliphatic heterocycles. The van der Waals surface area contributed by atoms with Crippen LogP contribution in [0.1, 0.15) is 79.0 Å². The van der Waals surface area contributed by atoms with Gasteiger partial charge in [-0.3, -0.25) is 4.79 Å². The number of carbonyl (C=O) groups is 3. The zero-order valence-electron chi connectivity index (χ0n) is 22.9. The highest BCUT2D eigenvalue weighted by atomic mass is 16.5. The number of carbonyl (C=O) groups excluding carboxylic acids is 1. The molecule has 0 unspecified atom stereocenters. The summed E-state index contributed by atoms with van der Waals surface area (Å²) in [5.74, 6) is -2.06. The van der Waals surface area contributed by atoms with Crippen molar-refractivity contribution in [3.05, 3.63) is 77.9 Å². The minimum Gasteiger partial charge on any atom is -0.490 e. The molecule has 0 fully saturated rings. The predicted molar refractivity (Wildman–Crippen MR) is 154 cm³/mol. The molecule has 0 aromatic heterocycles. The molecule has 8 heteroatoms. The van der Waals surface area contributed by atoms with Crippen LogP contribution in [0, 0.1) is 0 Å². The van der Waals surface area contributed by atoms with E-state index in [1.54, 1.807) is 54.6 Å². The van der Waals surface area contributed by atoms with Crippen LogP contribution in [-0.4, -0.2) is 41.3 Å². The van der Waals surface area contributed by atoms with Gasteiger partial charge >= 0.3 is 11.9 Å². The minimum atomic E-state index is -1.13. The molecule has 0 aliphatic rings.